The Morgan fingerprint density at radius 2 is 1.97 bits per heavy atom. The number of nitrogens with zero attached hydrogens (tertiary/aromatic N) is 4. The maximum atomic E-state index is 12.8. The van der Waals surface area contributed by atoms with Crippen molar-refractivity contribution in [2.75, 3.05) is 38.7 Å². The molecule has 0 bridgehead atoms. The third kappa shape index (κ3) is 6.53. The third-order valence-electron chi connectivity index (χ3n) is 5.25. The van der Waals surface area contributed by atoms with Crippen molar-refractivity contribution in [2.45, 2.75) is 32.2 Å². The molecule has 0 saturated carbocycles. The number of amides is 1. The normalized spacial score (nSPS) is 15.9. The summed E-state index contributed by atoms with van der Waals surface area (Å²) in [4.78, 5) is 12.8. The summed E-state index contributed by atoms with van der Waals surface area (Å²) in [5, 5.41) is 21.5. The van der Waals surface area contributed by atoms with E-state index in [2.05, 4.69) is 31.5 Å². The summed E-state index contributed by atoms with van der Waals surface area (Å²) >= 11 is 0. The molecule has 168 valence electrons. The molecule has 2 heterocycles. The number of piperidine rings is 1. The lowest BCUT2D eigenvalue weighted by molar-refractivity contribution is -0.122. The number of hydrogen-bond acceptors (Lipinski definition) is 7. The van der Waals surface area contributed by atoms with Crippen LogP contribution >= 0.6 is 24.8 Å². The zero-order valence-corrected chi connectivity index (χ0v) is 19.0. The predicted octanol–water partition coefficient (Wildman–Crippen LogP) is 1.83. The lowest BCUT2D eigenvalue weighted by Gasteiger charge is -2.37. The van der Waals surface area contributed by atoms with Crippen molar-refractivity contribution < 1.29 is 9.53 Å². The fraction of sp³-hybridized carbons (Fsp3) is 0.579. The highest BCUT2D eigenvalue weighted by atomic mass is 35.5. The number of benzene rings is 1. The van der Waals surface area contributed by atoms with Gasteiger partial charge in [0, 0.05) is 19.1 Å². The van der Waals surface area contributed by atoms with Crippen LogP contribution in [0.15, 0.2) is 30.3 Å². The van der Waals surface area contributed by atoms with Crippen molar-refractivity contribution in [1.29, 1.82) is 0 Å². The van der Waals surface area contributed by atoms with Gasteiger partial charge in [0.2, 0.25) is 11.9 Å². The van der Waals surface area contributed by atoms with Crippen molar-refractivity contribution in [2.24, 2.45) is 5.41 Å². The van der Waals surface area contributed by atoms with Crippen molar-refractivity contribution in [3.8, 4) is 5.69 Å². The highest BCUT2D eigenvalue weighted by Crippen LogP contribution is 2.28. The van der Waals surface area contributed by atoms with Gasteiger partial charge in [0.05, 0.1) is 12.3 Å². The summed E-state index contributed by atoms with van der Waals surface area (Å²) in [5.74, 6) is 0.390. The maximum Gasteiger partial charge on any atom is 0.248 e. The van der Waals surface area contributed by atoms with E-state index in [0.717, 1.165) is 31.6 Å². The fourth-order valence-corrected chi connectivity index (χ4v) is 3.56. The number of ether oxygens (including phenoxy) is 1. The molecule has 9 nitrogen and oxygen atoms in total. The van der Waals surface area contributed by atoms with Crippen LogP contribution in [0.1, 0.15) is 26.2 Å². The Morgan fingerprint density at radius 1 is 1.27 bits per heavy atom. The number of methoxy groups -OCH3 is 1. The smallest absolute Gasteiger partial charge is 0.248 e. The Morgan fingerprint density at radius 3 is 2.60 bits per heavy atom. The molecule has 1 saturated heterocycles. The van der Waals surface area contributed by atoms with Crippen molar-refractivity contribution in [3.63, 3.8) is 0 Å². The number of carbonyl (C=O) groups is 1. The van der Waals surface area contributed by atoms with Crippen molar-refractivity contribution in [3.05, 3.63) is 30.3 Å². The number of anilines is 1. The topological polar surface area (TPSA) is 106 Å². The van der Waals surface area contributed by atoms with E-state index in [-0.39, 0.29) is 36.1 Å². The fourth-order valence-electron chi connectivity index (χ4n) is 3.56. The third-order valence-corrected chi connectivity index (χ3v) is 5.25. The molecule has 1 unspecified atom stereocenters. The lowest BCUT2D eigenvalue weighted by Crippen LogP contribution is -2.50. The Labute approximate surface area is 189 Å². The summed E-state index contributed by atoms with van der Waals surface area (Å²) in [7, 11) is 1.71. The monoisotopic (exact) mass is 459 g/mol. The van der Waals surface area contributed by atoms with Gasteiger partial charge in [-0.2, -0.15) is 4.68 Å². The minimum absolute atomic E-state index is 0. The number of halogens is 2. The predicted molar refractivity (Wildman–Crippen MR) is 121 cm³/mol. The van der Waals surface area contributed by atoms with Gasteiger partial charge in [-0.1, -0.05) is 30.2 Å². The van der Waals surface area contributed by atoms with Crippen LogP contribution < -0.4 is 16.0 Å². The Hall–Kier alpha value is -1.94. The number of hydrogen-bond donors (Lipinski definition) is 3. The zero-order valence-electron chi connectivity index (χ0n) is 17.3. The van der Waals surface area contributed by atoms with Crippen LogP contribution in [0.4, 0.5) is 5.95 Å². The highest BCUT2D eigenvalue weighted by molar-refractivity contribution is 5.85. The second-order valence-corrected chi connectivity index (χ2v) is 7.26. The van der Waals surface area contributed by atoms with Crippen molar-refractivity contribution in [1.82, 2.24) is 30.8 Å². The molecule has 3 N–H and O–H groups in total. The standard InChI is InChI=1S/C19H29N7O2.2ClH/c1-3-16(17(27)21-13-19(14-28-2)9-11-20-12-10-19)22-18-23-24-25-26(18)15-7-5-4-6-8-15;;/h4-8,16,20H,3,9-14H2,1-2H3,(H,21,27)(H,22,23,25);2*1H. The van der Waals surface area contributed by atoms with Crippen molar-refractivity contribution >= 4 is 36.7 Å². The van der Waals surface area contributed by atoms with Gasteiger partial charge < -0.3 is 20.7 Å². The summed E-state index contributed by atoms with van der Waals surface area (Å²) in [6.07, 6.45) is 2.58. The summed E-state index contributed by atoms with van der Waals surface area (Å²) in [6, 6.07) is 9.16. The average Bonchev–Trinajstić information content (AvgIpc) is 3.20. The van der Waals surface area contributed by atoms with Gasteiger partial charge in [0.25, 0.3) is 0 Å². The number of aromatic nitrogens is 4. The average molecular weight is 460 g/mol. The van der Waals surface area contributed by atoms with E-state index in [4.69, 9.17) is 4.74 Å². The molecule has 3 rings (SSSR count). The molecule has 1 aliphatic heterocycles. The molecule has 1 fully saturated rings. The van der Waals surface area contributed by atoms with E-state index >= 15 is 0 Å². The Balaban J connectivity index is 0.00000225. The first kappa shape index (κ1) is 26.1. The summed E-state index contributed by atoms with van der Waals surface area (Å²) < 4.78 is 7.02. The van der Waals surface area contributed by atoms with Gasteiger partial charge in [0.1, 0.15) is 6.04 Å². The molecule has 11 heteroatoms. The largest absolute Gasteiger partial charge is 0.384 e. The molecule has 0 radical (unpaired) electrons. The first-order valence-corrected chi connectivity index (χ1v) is 9.75. The van der Waals surface area contributed by atoms with Crippen LogP contribution in [-0.4, -0.2) is 65.5 Å². The van der Waals surface area contributed by atoms with E-state index in [0.29, 0.717) is 25.5 Å². The maximum absolute atomic E-state index is 12.8. The van der Waals surface area contributed by atoms with E-state index in [1.807, 2.05) is 37.3 Å². The van der Waals surface area contributed by atoms with Gasteiger partial charge >= 0.3 is 0 Å². The number of para-hydroxylation sites is 1. The second kappa shape index (κ2) is 12.7. The van der Waals surface area contributed by atoms with Gasteiger partial charge in [-0.25, -0.2) is 0 Å². The van der Waals surface area contributed by atoms with Crippen LogP contribution in [0.25, 0.3) is 5.69 Å². The first-order chi connectivity index (χ1) is 13.7. The lowest BCUT2D eigenvalue weighted by atomic mass is 9.79. The van der Waals surface area contributed by atoms with E-state index < -0.39 is 6.04 Å². The van der Waals surface area contributed by atoms with Crippen LogP contribution in [-0.2, 0) is 9.53 Å². The number of rotatable bonds is 9. The van der Waals surface area contributed by atoms with Gasteiger partial charge in [0.15, 0.2) is 0 Å². The molecule has 1 amide bonds. The molecule has 30 heavy (non-hydrogen) atoms. The Bertz CT molecular complexity index is 749. The molecule has 1 atom stereocenters. The quantitative estimate of drug-likeness (QED) is 0.524. The van der Waals surface area contributed by atoms with Gasteiger partial charge in [-0.15, -0.1) is 24.8 Å². The molecule has 2 aromatic rings. The van der Waals surface area contributed by atoms with Gasteiger partial charge in [-0.3, -0.25) is 4.79 Å². The minimum Gasteiger partial charge on any atom is -0.384 e. The van der Waals surface area contributed by atoms with E-state index in [9.17, 15) is 4.79 Å². The van der Waals surface area contributed by atoms with E-state index in [1.54, 1.807) is 11.8 Å². The van der Waals surface area contributed by atoms with Crippen LogP contribution in [0, 0.1) is 5.41 Å². The first-order valence-electron chi connectivity index (χ1n) is 9.75. The molecular weight excluding hydrogens is 429 g/mol. The molecule has 0 aliphatic carbocycles. The zero-order chi connectivity index (χ0) is 19.8. The summed E-state index contributed by atoms with van der Waals surface area (Å²) in [6.45, 7) is 5.10. The number of tetrazole rings is 1. The SMILES string of the molecule is CCC(Nc1nnnn1-c1ccccc1)C(=O)NCC1(COC)CCNCC1.Cl.Cl. The van der Waals surface area contributed by atoms with Crippen LogP contribution in [0.5, 0.6) is 0 Å². The summed E-state index contributed by atoms with van der Waals surface area (Å²) in [5.41, 5.74) is 0.818. The molecule has 1 aromatic heterocycles. The van der Waals surface area contributed by atoms with Gasteiger partial charge in [-0.05, 0) is 54.9 Å². The highest BCUT2D eigenvalue weighted by Gasteiger charge is 2.33. The molecule has 1 aliphatic rings. The Kier molecular flexibility index (Phi) is 11.0. The van der Waals surface area contributed by atoms with Crippen LogP contribution in [0.2, 0.25) is 0 Å². The minimum atomic E-state index is -0.422. The number of nitrogens with one attached hydrogen (secondary N) is 3. The molecular formula is C19H31Cl2N7O2. The number of carbonyl (C=O) groups excluding carboxylic acids is 1. The second-order valence-electron chi connectivity index (χ2n) is 7.26. The van der Waals surface area contributed by atoms with E-state index in [1.165, 1.54) is 0 Å². The molecule has 1 aromatic carbocycles. The van der Waals surface area contributed by atoms with Crippen LogP contribution in [0.3, 0.4) is 0 Å². The molecule has 0 spiro atoms.